The van der Waals surface area contributed by atoms with Gasteiger partial charge in [-0.05, 0) is 45.6 Å². The van der Waals surface area contributed by atoms with E-state index in [0.717, 1.165) is 11.4 Å². The van der Waals surface area contributed by atoms with E-state index in [2.05, 4.69) is 51.9 Å². The van der Waals surface area contributed by atoms with Crippen LogP contribution in [0.1, 0.15) is 60.3 Å². The Hall–Kier alpha value is -1.11. The summed E-state index contributed by atoms with van der Waals surface area (Å²) in [5.74, 6) is 0.479. The molecule has 1 nitrogen and oxygen atoms in total. The number of hydrogen-bond donors (Lipinski definition) is 0. The molecule has 1 heteroatoms. The minimum absolute atomic E-state index is 0.479. The lowest BCUT2D eigenvalue weighted by Crippen LogP contribution is -2.05. The average molecular weight is 247 g/mol. The molecular weight excluding hydrogens is 218 g/mol. The number of unbranched alkanes of at least 4 members (excludes halogenated alkanes) is 2. The van der Waals surface area contributed by atoms with Gasteiger partial charge in [0.1, 0.15) is 0 Å². The third-order valence-corrected chi connectivity index (χ3v) is 3.45. The highest BCUT2D eigenvalue weighted by Gasteiger charge is 2.10. The molecule has 0 saturated heterocycles. The van der Waals surface area contributed by atoms with Crippen LogP contribution in [0.25, 0.3) is 0 Å². The van der Waals surface area contributed by atoms with Crippen LogP contribution in [0.5, 0.6) is 0 Å². The van der Waals surface area contributed by atoms with Crippen LogP contribution in [-0.2, 0) is 0 Å². The monoisotopic (exact) mass is 247 g/mol. The summed E-state index contributed by atoms with van der Waals surface area (Å²) in [6.45, 7) is 18.4. The lowest BCUT2D eigenvalue weighted by molar-refractivity contribution is 0.591. The summed E-state index contributed by atoms with van der Waals surface area (Å²) in [5, 5.41) is 0. The smallest absolute Gasteiger partial charge is 0.0404 e. The molecule has 0 aliphatic carbocycles. The van der Waals surface area contributed by atoms with Crippen LogP contribution < -0.4 is 0 Å². The fourth-order valence-corrected chi connectivity index (χ4v) is 2.06. The quantitative estimate of drug-likeness (QED) is 0.296. The number of aliphatic imine (C=N–C) groups is 1. The van der Waals surface area contributed by atoms with Gasteiger partial charge >= 0.3 is 0 Å². The molecule has 0 heterocycles. The van der Waals surface area contributed by atoms with Crippen molar-refractivity contribution in [2.24, 2.45) is 10.9 Å². The van der Waals surface area contributed by atoms with Crippen LogP contribution in [-0.4, -0.2) is 5.71 Å². The van der Waals surface area contributed by atoms with E-state index in [-0.39, 0.29) is 0 Å². The maximum absolute atomic E-state index is 4.44. The number of allylic oxidation sites excluding steroid dienone is 4. The molecule has 1 atom stereocenters. The van der Waals surface area contributed by atoms with Crippen LogP contribution in [0, 0.1) is 5.92 Å². The van der Waals surface area contributed by atoms with Crippen molar-refractivity contribution in [3.63, 3.8) is 0 Å². The molecule has 0 rings (SSSR count). The normalized spacial score (nSPS) is 15.1. The SMILES string of the molecule is C=CC(CCCCC)/C(C)=C(C)/C(C)=N\C(=C)C. The first-order valence-electron chi connectivity index (χ1n) is 6.95. The zero-order valence-corrected chi connectivity index (χ0v) is 12.8. The van der Waals surface area contributed by atoms with Crippen molar-refractivity contribution in [2.45, 2.75) is 60.3 Å². The fourth-order valence-electron chi connectivity index (χ4n) is 2.06. The lowest BCUT2D eigenvalue weighted by atomic mass is 9.90. The molecule has 0 saturated carbocycles. The second kappa shape index (κ2) is 8.91. The van der Waals surface area contributed by atoms with Gasteiger partial charge in [-0.2, -0.15) is 0 Å². The van der Waals surface area contributed by atoms with Crippen molar-refractivity contribution in [2.75, 3.05) is 0 Å². The Morgan fingerprint density at radius 3 is 2.22 bits per heavy atom. The highest BCUT2D eigenvalue weighted by molar-refractivity contribution is 5.98. The van der Waals surface area contributed by atoms with Crippen molar-refractivity contribution >= 4 is 5.71 Å². The second-order valence-electron chi connectivity index (χ2n) is 5.08. The van der Waals surface area contributed by atoms with Gasteiger partial charge < -0.3 is 0 Å². The van der Waals surface area contributed by atoms with Crippen LogP contribution in [0.15, 0.2) is 41.1 Å². The molecular formula is C17H29N. The molecule has 0 aromatic carbocycles. The minimum Gasteiger partial charge on any atom is -0.259 e. The third-order valence-electron chi connectivity index (χ3n) is 3.45. The predicted molar refractivity (Wildman–Crippen MR) is 84.1 cm³/mol. The highest BCUT2D eigenvalue weighted by Crippen LogP contribution is 2.23. The first-order chi connectivity index (χ1) is 8.43. The predicted octanol–water partition coefficient (Wildman–Crippen LogP) is 5.70. The van der Waals surface area contributed by atoms with E-state index in [1.807, 2.05) is 6.92 Å². The molecule has 0 amide bonds. The Kier molecular flexibility index (Phi) is 8.36. The van der Waals surface area contributed by atoms with E-state index in [9.17, 15) is 0 Å². The Morgan fingerprint density at radius 1 is 1.17 bits per heavy atom. The highest BCUT2D eigenvalue weighted by atomic mass is 14.7. The van der Waals surface area contributed by atoms with Crippen molar-refractivity contribution in [3.8, 4) is 0 Å². The topological polar surface area (TPSA) is 12.4 Å². The molecule has 0 bridgehead atoms. The van der Waals surface area contributed by atoms with Gasteiger partial charge in [-0.25, -0.2) is 0 Å². The second-order valence-corrected chi connectivity index (χ2v) is 5.08. The van der Waals surface area contributed by atoms with Crippen molar-refractivity contribution in [1.82, 2.24) is 0 Å². The van der Waals surface area contributed by atoms with Gasteiger partial charge in [0.25, 0.3) is 0 Å². The molecule has 0 fully saturated rings. The number of nitrogens with zero attached hydrogens (tertiary/aromatic N) is 1. The van der Waals surface area contributed by atoms with E-state index in [4.69, 9.17) is 0 Å². The van der Waals surface area contributed by atoms with Crippen molar-refractivity contribution in [1.29, 1.82) is 0 Å². The fraction of sp³-hybridized carbons (Fsp3) is 0.588. The van der Waals surface area contributed by atoms with Crippen LogP contribution in [0.2, 0.25) is 0 Å². The summed E-state index contributed by atoms with van der Waals surface area (Å²) in [4.78, 5) is 4.44. The lowest BCUT2D eigenvalue weighted by Gasteiger charge is -2.16. The zero-order valence-electron chi connectivity index (χ0n) is 12.8. The number of hydrogen-bond acceptors (Lipinski definition) is 1. The first-order valence-corrected chi connectivity index (χ1v) is 6.95. The van der Waals surface area contributed by atoms with Crippen LogP contribution in [0.3, 0.4) is 0 Å². The van der Waals surface area contributed by atoms with Crippen LogP contribution >= 0.6 is 0 Å². The average Bonchev–Trinajstić information content (AvgIpc) is 2.32. The maximum atomic E-state index is 4.44. The van der Waals surface area contributed by atoms with Gasteiger partial charge in [-0.15, -0.1) is 6.58 Å². The summed E-state index contributed by atoms with van der Waals surface area (Å²) in [7, 11) is 0. The van der Waals surface area contributed by atoms with Gasteiger partial charge in [0.15, 0.2) is 0 Å². The Bertz CT molecular complexity index is 345. The van der Waals surface area contributed by atoms with Crippen LogP contribution in [0.4, 0.5) is 0 Å². The Labute approximate surface area is 113 Å². The molecule has 102 valence electrons. The first kappa shape index (κ1) is 16.9. The standard InChI is InChI=1S/C17H29N/c1-8-10-11-12-17(9-2)15(6)14(5)16(7)18-13(3)4/h9,17H,2-3,8,10-12H2,1,4-7H3/b15-14+,18-16-. The molecule has 0 aromatic heterocycles. The Balaban J connectivity index is 4.87. The molecule has 0 aliphatic heterocycles. The van der Waals surface area contributed by atoms with E-state index in [1.165, 1.54) is 36.8 Å². The Morgan fingerprint density at radius 2 is 1.78 bits per heavy atom. The molecule has 18 heavy (non-hydrogen) atoms. The van der Waals surface area contributed by atoms with E-state index in [0.29, 0.717) is 5.92 Å². The molecule has 0 N–H and O–H groups in total. The molecule has 0 radical (unpaired) electrons. The zero-order chi connectivity index (χ0) is 14.1. The van der Waals surface area contributed by atoms with Crippen molar-refractivity contribution in [3.05, 3.63) is 36.1 Å². The number of rotatable bonds is 8. The van der Waals surface area contributed by atoms with E-state index < -0.39 is 0 Å². The van der Waals surface area contributed by atoms with Gasteiger partial charge in [-0.3, -0.25) is 4.99 Å². The van der Waals surface area contributed by atoms with Gasteiger partial charge in [0.05, 0.1) is 0 Å². The summed E-state index contributed by atoms with van der Waals surface area (Å²) in [6.07, 6.45) is 7.11. The molecule has 0 aromatic rings. The maximum Gasteiger partial charge on any atom is 0.0404 e. The minimum atomic E-state index is 0.479. The van der Waals surface area contributed by atoms with Gasteiger partial charge in [-0.1, -0.05) is 44.4 Å². The van der Waals surface area contributed by atoms with E-state index >= 15 is 0 Å². The molecule has 1 unspecified atom stereocenters. The molecule has 0 spiro atoms. The summed E-state index contributed by atoms with van der Waals surface area (Å²) < 4.78 is 0. The van der Waals surface area contributed by atoms with Gasteiger partial charge in [0.2, 0.25) is 0 Å². The van der Waals surface area contributed by atoms with Crippen molar-refractivity contribution < 1.29 is 0 Å². The van der Waals surface area contributed by atoms with Gasteiger partial charge in [0, 0.05) is 11.4 Å². The van der Waals surface area contributed by atoms with E-state index in [1.54, 1.807) is 0 Å². The summed E-state index contributed by atoms with van der Waals surface area (Å²) >= 11 is 0. The summed E-state index contributed by atoms with van der Waals surface area (Å²) in [5.41, 5.74) is 4.60. The molecule has 0 aliphatic rings. The summed E-state index contributed by atoms with van der Waals surface area (Å²) in [6, 6.07) is 0. The third kappa shape index (κ3) is 6.00. The largest absolute Gasteiger partial charge is 0.259 e.